The Balaban J connectivity index is 3.30. The Morgan fingerprint density at radius 2 is 2.10 bits per heavy atom. The molecule has 0 aromatic carbocycles. The van der Waals surface area contributed by atoms with E-state index < -0.39 is 7.60 Å². The van der Waals surface area contributed by atoms with Gasteiger partial charge in [-0.1, -0.05) is 20.3 Å². The second-order valence-electron chi connectivity index (χ2n) is 2.90. The molecule has 0 bridgehead atoms. The number of rotatable bonds is 4. The molecule has 0 amide bonds. The van der Waals surface area contributed by atoms with Crippen molar-refractivity contribution in [3.63, 3.8) is 0 Å². The van der Waals surface area contributed by atoms with Gasteiger partial charge in [-0.15, -0.1) is 0 Å². The molecule has 1 unspecified atom stereocenters. The van der Waals surface area contributed by atoms with Crippen molar-refractivity contribution >= 4 is 7.60 Å². The van der Waals surface area contributed by atoms with Crippen molar-refractivity contribution in [1.82, 2.24) is 0 Å². The standard InChI is InChI=1S/C6H15O3P/c1-6(2)4-3-5-10(7,8)9/h6H,3-5H2,1-2H3,(H2,7,8,9)/p-1. The maximum Gasteiger partial charge on any atom is 0.132 e. The van der Waals surface area contributed by atoms with Gasteiger partial charge in [-0.2, -0.15) is 0 Å². The van der Waals surface area contributed by atoms with Crippen molar-refractivity contribution in [2.75, 3.05) is 6.16 Å². The Hall–Kier alpha value is 0.150. The lowest BCUT2D eigenvalue weighted by Gasteiger charge is -2.15. The summed E-state index contributed by atoms with van der Waals surface area (Å²) >= 11 is 0. The highest BCUT2D eigenvalue weighted by Crippen LogP contribution is 2.30. The monoisotopic (exact) mass is 165 g/mol. The summed E-state index contributed by atoms with van der Waals surface area (Å²) in [5.74, 6) is 0.506. The minimum Gasteiger partial charge on any atom is -0.779 e. The molecule has 0 fully saturated rings. The summed E-state index contributed by atoms with van der Waals surface area (Å²) in [4.78, 5) is 18.5. The van der Waals surface area contributed by atoms with Gasteiger partial charge in [-0.05, 0) is 12.3 Å². The molecule has 0 spiro atoms. The van der Waals surface area contributed by atoms with Crippen LogP contribution in [0.4, 0.5) is 0 Å². The molecule has 0 heterocycles. The molecule has 1 N–H and O–H groups in total. The van der Waals surface area contributed by atoms with E-state index in [1.165, 1.54) is 0 Å². The molecule has 0 aliphatic carbocycles. The van der Waals surface area contributed by atoms with Crippen LogP contribution in [0.15, 0.2) is 0 Å². The molecule has 3 nitrogen and oxygen atoms in total. The Morgan fingerprint density at radius 3 is 2.40 bits per heavy atom. The quantitative estimate of drug-likeness (QED) is 0.631. The lowest BCUT2D eigenvalue weighted by atomic mass is 10.1. The van der Waals surface area contributed by atoms with Crippen LogP contribution in [0.1, 0.15) is 26.7 Å². The van der Waals surface area contributed by atoms with Gasteiger partial charge >= 0.3 is 0 Å². The Morgan fingerprint density at radius 1 is 1.60 bits per heavy atom. The molecule has 0 rings (SSSR count). The van der Waals surface area contributed by atoms with Crippen LogP contribution in [-0.2, 0) is 4.57 Å². The zero-order valence-corrected chi connectivity index (χ0v) is 7.30. The SMILES string of the molecule is CC(C)CCCP(=O)([O-])O. The first-order valence-corrected chi connectivity index (χ1v) is 5.21. The Labute approximate surface area is 61.6 Å². The number of hydrogen-bond acceptors (Lipinski definition) is 2. The van der Waals surface area contributed by atoms with Crippen molar-refractivity contribution in [2.45, 2.75) is 26.7 Å². The van der Waals surface area contributed by atoms with Crippen LogP contribution in [0.5, 0.6) is 0 Å². The van der Waals surface area contributed by atoms with Crippen LogP contribution >= 0.6 is 7.60 Å². The van der Waals surface area contributed by atoms with E-state index in [0.717, 1.165) is 6.42 Å². The van der Waals surface area contributed by atoms with Gasteiger partial charge in [-0.25, -0.2) is 0 Å². The predicted octanol–water partition coefficient (Wildman–Crippen LogP) is 0.968. The smallest absolute Gasteiger partial charge is 0.132 e. The highest BCUT2D eigenvalue weighted by atomic mass is 31.2. The minimum atomic E-state index is -3.97. The van der Waals surface area contributed by atoms with Crippen LogP contribution in [0.25, 0.3) is 0 Å². The molecule has 0 aromatic heterocycles. The van der Waals surface area contributed by atoms with Crippen LogP contribution in [0, 0.1) is 5.92 Å². The van der Waals surface area contributed by atoms with Crippen molar-refractivity contribution < 1.29 is 14.4 Å². The molecule has 4 heteroatoms. The van der Waals surface area contributed by atoms with E-state index in [2.05, 4.69) is 0 Å². The molecular formula is C6H14O3P-. The van der Waals surface area contributed by atoms with Crippen LogP contribution < -0.4 is 4.89 Å². The van der Waals surface area contributed by atoms with Gasteiger partial charge in [0.05, 0.1) is 0 Å². The molecule has 0 aliphatic heterocycles. The van der Waals surface area contributed by atoms with E-state index in [1.54, 1.807) is 0 Å². The maximum atomic E-state index is 10.2. The van der Waals surface area contributed by atoms with E-state index in [4.69, 9.17) is 4.89 Å². The molecule has 1 atom stereocenters. The lowest BCUT2D eigenvalue weighted by molar-refractivity contribution is -0.193. The third-order valence-electron chi connectivity index (χ3n) is 1.22. The second-order valence-corrected chi connectivity index (χ2v) is 4.62. The summed E-state index contributed by atoms with van der Waals surface area (Å²) < 4.78 is 10.2. The fraction of sp³-hybridized carbons (Fsp3) is 1.00. The third kappa shape index (κ3) is 8.15. The van der Waals surface area contributed by atoms with Crippen molar-refractivity contribution in [3.05, 3.63) is 0 Å². The van der Waals surface area contributed by atoms with Gasteiger partial charge in [0.1, 0.15) is 7.60 Å². The predicted molar refractivity (Wildman–Crippen MR) is 38.8 cm³/mol. The zero-order valence-electron chi connectivity index (χ0n) is 6.41. The average molecular weight is 165 g/mol. The van der Waals surface area contributed by atoms with E-state index >= 15 is 0 Å². The molecule has 0 aliphatic rings. The fourth-order valence-electron chi connectivity index (χ4n) is 0.699. The summed E-state index contributed by atoms with van der Waals surface area (Å²) in [5, 5.41) is 0. The van der Waals surface area contributed by atoms with Crippen LogP contribution in [0.2, 0.25) is 0 Å². The van der Waals surface area contributed by atoms with Crippen LogP contribution in [0.3, 0.4) is 0 Å². The van der Waals surface area contributed by atoms with E-state index in [9.17, 15) is 9.46 Å². The van der Waals surface area contributed by atoms with E-state index in [1.807, 2.05) is 13.8 Å². The van der Waals surface area contributed by atoms with Crippen molar-refractivity contribution in [2.24, 2.45) is 5.92 Å². The fourth-order valence-corrected chi connectivity index (χ4v) is 1.28. The first-order valence-electron chi connectivity index (χ1n) is 3.44. The first kappa shape index (κ1) is 10.2. The van der Waals surface area contributed by atoms with Gasteiger partial charge in [0.25, 0.3) is 0 Å². The molecule has 0 aromatic rings. The van der Waals surface area contributed by atoms with Gasteiger partial charge in [0, 0.05) is 6.16 Å². The zero-order chi connectivity index (χ0) is 8.20. The second kappa shape index (κ2) is 4.12. The summed E-state index contributed by atoms with van der Waals surface area (Å²) in [6, 6.07) is 0. The molecule has 10 heavy (non-hydrogen) atoms. The van der Waals surface area contributed by atoms with Gasteiger partial charge < -0.3 is 14.4 Å². The molecule has 62 valence electrons. The van der Waals surface area contributed by atoms with Gasteiger partial charge in [0.15, 0.2) is 0 Å². The summed E-state index contributed by atoms with van der Waals surface area (Å²) in [6.07, 6.45) is 1.34. The largest absolute Gasteiger partial charge is 0.779 e. The topological polar surface area (TPSA) is 60.4 Å². The highest BCUT2D eigenvalue weighted by molar-refractivity contribution is 7.50. The minimum absolute atomic E-state index is 0.0782. The maximum absolute atomic E-state index is 10.2. The van der Waals surface area contributed by atoms with Crippen LogP contribution in [-0.4, -0.2) is 11.1 Å². The average Bonchev–Trinajstić information content (AvgIpc) is 1.59. The first-order chi connectivity index (χ1) is 4.42. The Kier molecular flexibility index (Phi) is 4.18. The number of hydrogen-bond donors (Lipinski definition) is 1. The summed E-state index contributed by atoms with van der Waals surface area (Å²) in [7, 11) is -3.97. The normalized spacial score (nSPS) is 17.3. The molecule has 0 saturated carbocycles. The summed E-state index contributed by atoms with van der Waals surface area (Å²) in [6.45, 7) is 4.04. The molecular weight excluding hydrogens is 151 g/mol. The molecule has 0 radical (unpaired) electrons. The van der Waals surface area contributed by atoms with Crippen molar-refractivity contribution in [3.8, 4) is 0 Å². The van der Waals surface area contributed by atoms with E-state index in [0.29, 0.717) is 12.3 Å². The highest BCUT2D eigenvalue weighted by Gasteiger charge is 2.01. The van der Waals surface area contributed by atoms with Gasteiger partial charge in [0.2, 0.25) is 0 Å². The van der Waals surface area contributed by atoms with Gasteiger partial charge in [-0.3, -0.25) is 0 Å². The van der Waals surface area contributed by atoms with Crippen molar-refractivity contribution in [1.29, 1.82) is 0 Å². The summed E-state index contributed by atoms with van der Waals surface area (Å²) in [5.41, 5.74) is 0. The van der Waals surface area contributed by atoms with E-state index in [-0.39, 0.29) is 6.16 Å². The third-order valence-corrected chi connectivity index (χ3v) is 2.10. The molecule has 0 saturated heterocycles. The Bertz CT molecular complexity index is 127. The lowest BCUT2D eigenvalue weighted by Crippen LogP contribution is -2.04.